The van der Waals surface area contributed by atoms with Gasteiger partial charge in [-0.2, -0.15) is 0 Å². The summed E-state index contributed by atoms with van der Waals surface area (Å²) in [7, 11) is 0. The van der Waals surface area contributed by atoms with Gasteiger partial charge in [-0.05, 0) is 30.5 Å². The number of thioether (sulfide) groups is 1. The van der Waals surface area contributed by atoms with Crippen LogP contribution in [0.1, 0.15) is 36.6 Å². The SMILES string of the molecule is O=C(CN1CCC2=C(C1)SC(c1ccc(Cl)cc1)N2)N1CCN(C2CCC2)CC1. The fourth-order valence-electron chi connectivity index (χ4n) is 4.68. The van der Waals surface area contributed by atoms with Crippen molar-refractivity contribution in [3.8, 4) is 0 Å². The second kappa shape index (κ2) is 8.50. The van der Waals surface area contributed by atoms with Crippen molar-refractivity contribution in [2.24, 2.45) is 0 Å². The Labute approximate surface area is 182 Å². The Bertz CT molecular complexity index is 787. The van der Waals surface area contributed by atoms with E-state index in [0.717, 1.165) is 56.8 Å². The minimum absolute atomic E-state index is 0.257. The van der Waals surface area contributed by atoms with E-state index < -0.39 is 0 Å². The molecule has 4 aliphatic rings. The number of nitrogens with one attached hydrogen (secondary N) is 1. The number of rotatable bonds is 4. The maximum Gasteiger partial charge on any atom is 0.236 e. The fourth-order valence-corrected chi connectivity index (χ4v) is 6.15. The summed E-state index contributed by atoms with van der Waals surface area (Å²) in [6.07, 6.45) is 5.07. The van der Waals surface area contributed by atoms with Crippen LogP contribution in [0.15, 0.2) is 34.9 Å². The largest absolute Gasteiger partial charge is 0.372 e. The van der Waals surface area contributed by atoms with Crippen LogP contribution in [0.25, 0.3) is 0 Å². The predicted molar refractivity (Wildman–Crippen MR) is 119 cm³/mol. The molecule has 2 fully saturated rings. The number of carbonyl (C=O) groups excluding carboxylic acids is 1. The third-order valence-corrected chi connectivity index (χ3v) is 8.27. The van der Waals surface area contributed by atoms with Crippen molar-refractivity contribution in [3.05, 3.63) is 45.5 Å². The molecule has 1 amide bonds. The van der Waals surface area contributed by atoms with E-state index in [0.29, 0.717) is 12.5 Å². The second-order valence-corrected chi connectivity index (χ2v) is 10.2. The molecule has 0 radical (unpaired) electrons. The van der Waals surface area contributed by atoms with Crippen LogP contribution >= 0.6 is 23.4 Å². The number of carbonyl (C=O) groups is 1. The molecular weight excluding hydrogens is 404 g/mol. The van der Waals surface area contributed by atoms with Gasteiger partial charge in [0.25, 0.3) is 0 Å². The van der Waals surface area contributed by atoms with Crippen LogP contribution in [0.5, 0.6) is 0 Å². The molecule has 1 unspecified atom stereocenters. The third kappa shape index (κ3) is 4.31. The fraction of sp³-hybridized carbons (Fsp3) is 0.591. The second-order valence-electron chi connectivity index (χ2n) is 8.56. The molecule has 1 saturated heterocycles. The molecule has 1 aliphatic carbocycles. The highest BCUT2D eigenvalue weighted by Crippen LogP contribution is 2.43. The lowest BCUT2D eigenvalue weighted by molar-refractivity contribution is -0.134. The van der Waals surface area contributed by atoms with Gasteiger partial charge in [-0.3, -0.25) is 14.6 Å². The topological polar surface area (TPSA) is 38.8 Å². The standard InChI is InChI=1S/C22H29ClN4OS/c23-17-6-4-16(5-7-17)22-24-19-8-9-25(14-20(19)29-22)15-21(28)27-12-10-26(11-13-27)18-2-1-3-18/h4-7,18,22,24H,1-3,8-15H2. The summed E-state index contributed by atoms with van der Waals surface area (Å²) in [5, 5.41) is 4.69. The van der Waals surface area contributed by atoms with Crippen molar-refractivity contribution in [3.63, 3.8) is 0 Å². The normalized spacial score (nSPS) is 26.2. The van der Waals surface area contributed by atoms with Crippen LogP contribution in [0.2, 0.25) is 5.02 Å². The van der Waals surface area contributed by atoms with Gasteiger partial charge < -0.3 is 10.2 Å². The zero-order valence-electron chi connectivity index (χ0n) is 16.8. The first-order valence-corrected chi connectivity index (χ1v) is 12.1. The lowest BCUT2D eigenvalue weighted by Crippen LogP contribution is -2.55. The first-order valence-electron chi connectivity index (χ1n) is 10.8. The van der Waals surface area contributed by atoms with Crippen LogP contribution in [0.4, 0.5) is 0 Å². The van der Waals surface area contributed by atoms with E-state index in [2.05, 4.69) is 32.1 Å². The first kappa shape index (κ1) is 19.7. The van der Waals surface area contributed by atoms with Crippen LogP contribution in [0, 0.1) is 0 Å². The van der Waals surface area contributed by atoms with Gasteiger partial charge >= 0.3 is 0 Å². The van der Waals surface area contributed by atoms with Crippen molar-refractivity contribution in [1.82, 2.24) is 20.0 Å². The summed E-state index contributed by atoms with van der Waals surface area (Å²) >= 11 is 7.91. The summed E-state index contributed by atoms with van der Waals surface area (Å²) in [6, 6.07) is 8.88. The molecule has 0 spiro atoms. The number of nitrogens with zero attached hydrogens (tertiary/aromatic N) is 3. The molecule has 1 aromatic carbocycles. The minimum Gasteiger partial charge on any atom is -0.372 e. The molecule has 1 atom stereocenters. The molecule has 29 heavy (non-hydrogen) atoms. The van der Waals surface area contributed by atoms with Crippen molar-refractivity contribution in [2.45, 2.75) is 37.1 Å². The maximum absolute atomic E-state index is 12.9. The Hall–Kier alpha value is -1.21. The minimum atomic E-state index is 0.257. The van der Waals surface area contributed by atoms with Crippen molar-refractivity contribution in [2.75, 3.05) is 45.8 Å². The molecule has 1 N–H and O–H groups in total. The molecular formula is C22H29ClN4OS. The van der Waals surface area contributed by atoms with E-state index in [1.807, 2.05) is 23.9 Å². The van der Waals surface area contributed by atoms with E-state index in [1.165, 1.54) is 35.4 Å². The quantitative estimate of drug-likeness (QED) is 0.790. The molecule has 5 rings (SSSR count). The van der Waals surface area contributed by atoms with Gasteiger partial charge in [0.15, 0.2) is 0 Å². The van der Waals surface area contributed by atoms with Gasteiger partial charge in [0, 0.05) is 67.4 Å². The molecule has 0 aromatic heterocycles. The Morgan fingerprint density at radius 3 is 2.55 bits per heavy atom. The van der Waals surface area contributed by atoms with Gasteiger partial charge in [0.1, 0.15) is 5.37 Å². The molecule has 7 heteroatoms. The molecule has 156 valence electrons. The molecule has 1 aromatic rings. The van der Waals surface area contributed by atoms with Crippen LogP contribution in [-0.4, -0.2) is 72.5 Å². The Morgan fingerprint density at radius 1 is 1.10 bits per heavy atom. The van der Waals surface area contributed by atoms with Gasteiger partial charge in [0.2, 0.25) is 5.91 Å². The highest BCUT2D eigenvalue weighted by molar-refractivity contribution is 8.03. The molecule has 1 saturated carbocycles. The van der Waals surface area contributed by atoms with E-state index >= 15 is 0 Å². The van der Waals surface area contributed by atoms with Crippen molar-refractivity contribution >= 4 is 29.3 Å². The summed E-state index contributed by atoms with van der Waals surface area (Å²) in [5.74, 6) is 0.299. The van der Waals surface area contributed by atoms with Gasteiger partial charge in [0.05, 0.1) is 6.54 Å². The lowest BCUT2D eigenvalue weighted by atomic mass is 9.91. The number of benzene rings is 1. The third-order valence-electron chi connectivity index (χ3n) is 6.74. The molecule has 3 heterocycles. The predicted octanol–water partition coefficient (Wildman–Crippen LogP) is 3.29. The lowest BCUT2D eigenvalue weighted by Gasteiger charge is -2.43. The zero-order valence-corrected chi connectivity index (χ0v) is 18.4. The number of halogens is 1. The smallest absolute Gasteiger partial charge is 0.236 e. The van der Waals surface area contributed by atoms with Gasteiger partial charge in [-0.25, -0.2) is 0 Å². The monoisotopic (exact) mass is 432 g/mol. The Balaban J connectivity index is 1.11. The number of hydrogen-bond acceptors (Lipinski definition) is 5. The summed E-state index contributed by atoms with van der Waals surface area (Å²) in [6.45, 7) is 6.27. The summed E-state index contributed by atoms with van der Waals surface area (Å²) in [4.78, 5) is 21.2. The van der Waals surface area contributed by atoms with Crippen LogP contribution < -0.4 is 5.32 Å². The Morgan fingerprint density at radius 2 is 1.86 bits per heavy atom. The van der Waals surface area contributed by atoms with Crippen molar-refractivity contribution in [1.29, 1.82) is 0 Å². The van der Waals surface area contributed by atoms with Gasteiger partial charge in [-0.1, -0.05) is 41.9 Å². The van der Waals surface area contributed by atoms with Crippen LogP contribution in [-0.2, 0) is 4.79 Å². The average Bonchev–Trinajstić information content (AvgIpc) is 3.11. The first-order chi connectivity index (χ1) is 14.2. The van der Waals surface area contributed by atoms with E-state index in [1.54, 1.807) is 0 Å². The Kier molecular flexibility index (Phi) is 5.78. The number of hydrogen-bond donors (Lipinski definition) is 1. The molecule has 0 bridgehead atoms. The average molecular weight is 433 g/mol. The maximum atomic E-state index is 12.9. The zero-order chi connectivity index (χ0) is 19.8. The number of amides is 1. The van der Waals surface area contributed by atoms with E-state index in [4.69, 9.17) is 11.6 Å². The summed E-state index contributed by atoms with van der Waals surface area (Å²) < 4.78 is 0. The van der Waals surface area contributed by atoms with Gasteiger partial charge in [-0.15, -0.1) is 0 Å². The van der Waals surface area contributed by atoms with E-state index in [9.17, 15) is 4.79 Å². The highest BCUT2D eigenvalue weighted by atomic mass is 35.5. The van der Waals surface area contributed by atoms with E-state index in [-0.39, 0.29) is 5.37 Å². The molecule has 5 nitrogen and oxygen atoms in total. The van der Waals surface area contributed by atoms with Crippen molar-refractivity contribution < 1.29 is 4.79 Å². The number of piperazine rings is 1. The highest BCUT2D eigenvalue weighted by Gasteiger charge is 2.32. The summed E-state index contributed by atoms with van der Waals surface area (Å²) in [5.41, 5.74) is 2.61. The van der Waals surface area contributed by atoms with Crippen LogP contribution in [0.3, 0.4) is 0 Å². The molecule has 3 aliphatic heterocycles.